The van der Waals surface area contributed by atoms with Crippen LogP contribution in [0.25, 0.3) is 21.9 Å². The molecule has 0 unspecified atom stereocenters. The van der Waals surface area contributed by atoms with Gasteiger partial charge in [0.05, 0.1) is 10.2 Å². The van der Waals surface area contributed by atoms with Crippen molar-refractivity contribution in [2.75, 3.05) is 0 Å². The number of aromatic hydroxyl groups is 1. The Labute approximate surface area is 150 Å². The van der Waals surface area contributed by atoms with E-state index in [-0.39, 0.29) is 6.42 Å². The molecule has 5 heteroatoms. The van der Waals surface area contributed by atoms with Gasteiger partial charge in [-0.25, -0.2) is 4.98 Å². The van der Waals surface area contributed by atoms with Crippen LogP contribution in [0.5, 0.6) is 5.75 Å². The first kappa shape index (κ1) is 17.2. The smallest absolute Gasteiger partial charge is 0.303 e. The SMILES string of the molecule is Cc1cc(C=C(CCC(=O)O)c2nc3ccccc3s2)cc(C)c1O. The molecule has 0 saturated carbocycles. The molecule has 1 heterocycles. The van der Waals surface area contributed by atoms with Gasteiger partial charge in [-0.15, -0.1) is 11.3 Å². The first-order chi connectivity index (χ1) is 11.9. The van der Waals surface area contributed by atoms with Crippen LogP contribution in [-0.4, -0.2) is 21.2 Å². The number of fused-ring (bicyclic) bond motifs is 1. The standard InChI is InChI=1S/C20H19NO3S/c1-12-9-14(10-13(2)19(12)24)11-15(7-8-18(22)23)20-21-16-5-3-4-6-17(16)25-20/h3-6,9-11,24H,7-8H2,1-2H3,(H,22,23). The summed E-state index contributed by atoms with van der Waals surface area (Å²) in [6.07, 6.45) is 2.44. The van der Waals surface area contributed by atoms with Crippen molar-refractivity contribution in [3.8, 4) is 5.75 Å². The summed E-state index contributed by atoms with van der Waals surface area (Å²) in [7, 11) is 0. The minimum atomic E-state index is -0.829. The molecular formula is C20H19NO3S. The predicted molar refractivity (Wildman–Crippen MR) is 102 cm³/mol. The lowest BCUT2D eigenvalue weighted by Crippen LogP contribution is -1.95. The van der Waals surface area contributed by atoms with E-state index in [0.717, 1.165) is 37.5 Å². The fourth-order valence-corrected chi connectivity index (χ4v) is 3.78. The van der Waals surface area contributed by atoms with Gasteiger partial charge in [-0.05, 0) is 72.9 Å². The summed E-state index contributed by atoms with van der Waals surface area (Å²) in [5.74, 6) is -0.533. The molecule has 0 aliphatic heterocycles. The van der Waals surface area contributed by atoms with E-state index >= 15 is 0 Å². The van der Waals surface area contributed by atoms with E-state index < -0.39 is 5.97 Å². The highest BCUT2D eigenvalue weighted by Crippen LogP contribution is 2.32. The van der Waals surface area contributed by atoms with Crippen molar-refractivity contribution in [2.24, 2.45) is 0 Å². The number of nitrogens with zero attached hydrogens (tertiary/aromatic N) is 1. The van der Waals surface area contributed by atoms with Crippen molar-refractivity contribution in [3.63, 3.8) is 0 Å². The number of allylic oxidation sites excluding steroid dienone is 1. The minimum Gasteiger partial charge on any atom is -0.507 e. The number of thiazole rings is 1. The average molecular weight is 353 g/mol. The number of rotatable bonds is 5. The molecular weight excluding hydrogens is 334 g/mol. The van der Waals surface area contributed by atoms with Gasteiger partial charge in [-0.3, -0.25) is 4.79 Å². The molecule has 0 aliphatic rings. The third kappa shape index (κ3) is 3.88. The van der Waals surface area contributed by atoms with E-state index in [1.165, 1.54) is 0 Å². The normalized spacial score (nSPS) is 11.8. The highest BCUT2D eigenvalue weighted by molar-refractivity contribution is 7.19. The zero-order valence-corrected chi connectivity index (χ0v) is 14.9. The Kier molecular flexibility index (Phi) is 4.86. The van der Waals surface area contributed by atoms with E-state index in [0.29, 0.717) is 12.2 Å². The van der Waals surface area contributed by atoms with E-state index in [9.17, 15) is 9.90 Å². The lowest BCUT2D eigenvalue weighted by molar-refractivity contribution is -0.136. The molecule has 0 amide bonds. The lowest BCUT2D eigenvalue weighted by Gasteiger charge is -2.07. The molecule has 25 heavy (non-hydrogen) atoms. The van der Waals surface area contributed by atoms with Crippen molar-refractivity contribution in [2.45, 2.75) is 26.7 Å². The second kappa shape index (κ2) is 7.07. The van der Waals surface area contributed by atoms with E-state index in [1.54, 1.807) is 11.3 Å². The molecule has 2 aromatic carbocycles. The molecule has 0 radical (unpaired) electrons. The zero-order chi connectivity index (χ0) is 18.0. The van der Waals surface area contributed by atoms with E-state index in [4.69, 9.17) is 5.11 Å². The summed E-state index contributed by atoms with van der Waals surface area (Å²) >= 11 is 1.57. The van der Waals surface area contributed by atoms with Crippen molar-refractivity contribution in [1.82, 2.24) is 4.98 Å². The molecule has 1 aromatic heterocycles. The molecule has 0 spiro atoms. The van der Waals surface area contributed by atoms with Gasteiger partial charge >= 0.3 is 5.97 Å². The zero-order valence-electron chi connectivity index (χ0n) is 14.1. The summed E-state index contributed by atoms with van der Waals surface area (Å²) < 4.78 is 1.08. The maximum Gasteiger partial charge on any atom is 0.303 e. The van der Waals surface area contributed by atoms with Gasteiger partial charge in [0.25, 0.3) is 0 Å². The molecule has 3 rings (SSSR count). The Morgan fingerprint density at radius 2 is 1.84 bits per heavy atom. The fraction of sp³-hybridized carbons (Fsp3) is 0.200. The van der Waals surface area contributed by atoms with Crippen LogP contribution >= 0.6 is 11.3 Å². The number of carboxylic acids is 1. The van der Waals surface area contributed by atoms with Crippen LogP contribution in [0.4, 0.5) is 0 Å². The summed E-state index contributed by atoms with van der Waals surface area (Å²) in [5.41, 5.74) is 4.35. The number of aromatic nitrogens is 1. The van der Waals surface area contributed by atoms with Crippen LogP contribution in [0.1, 0.15) is 34.5 Å². The Morgan fingerprint density at radius 3 is 2.48 bits per heavy atom. The number of para-hydroxylation sites is 1. The average Bonchev–Trinajstić information content (AvgIpc) is 3.00. The minimum absolute atomic E-state index is 0.0534. The molecule has 0 bridgehead atoms. The summed E-state index contributed by atoms with van der Waals surface area (Å²) in [4.78, 5) is 15.7. The largest absolute Gasteiger partial charge is 0.507 e. The first-order valence-electron chi connectivity index (χ1n) is 8.02. The van der Waals surface area contributed by atoms with Gasteiger partial charge in [0.2, 0.25) is 0 Å². The first-order valence-corrected chi connectivity index (χ1v) is 8.84. The molecule has 128 valence electrons. The molecule has 4 nitrogen and oxygen atoms in total. The van der Waals surface area contributed by atoms with Crippen molar-refractivity contribution >= 4 is 39.2 Å². The van der Waals surface area contributed by atoms with Crippen LogP contribution in [0, 0.1) is 13.8 Å². The lowest BCUT2D eigenvalue weighted by atomic mass is 10.0. The summed E-state index contributed by atoms with van der Waals surface area (Å²) in [6.45, 7) is 3.71. The van der Waals surface area contributed by atoms with Crippen LogP contribution < -0.4 is 0 Å². The molecule has 0 atom stereocenters. The number of aliphatic carboxylic acids is 1. The van der Waals surface area contributed by atoms with Crippen LogP contribution in [0.3, 0.4) is 0 Å². The van der Waals surface area contributed by atoms with Gasteiger partial charge in [-0.1, -0.05) is 12.1 Å². The number of aryl methyl sites for hydroxylation is 2. The topological polar surface area (TPSA) is 70.4 Å². The van der Waals surface area contributed by atoms with Gasteiger partial charge < -0.3 is 10.2 Å². The quantitative estimate of drug-likeness (QED) is 0.675. The summed E-state index contributed by atoms with van der Waals surface area (Å²) in [6, 6.07) is 11.7. The highest BCUT2D eigenvalue weighted by Gasteiger charge is 2.12. The predicted octanol–water partition coefficient (Wildman–Crippen LogP) is 5.02. The van der Waals surface area contributed by atoms with Gasteiger partial charge in [0.1, 0.15) is 10.8 Å². The maximum absolute atomic E-state index is 11.0. The third-order valence-corrected chi connectivity index (χ3v) is 5.14. The Balaban J connectivity index is 2.06. The number of benzene rings is 2. The Hall–Kier alpha value is -2.66. The van der Waals surface area contributed by atoms with Gasteiger partial charge in [0, 0.05) is 6.42 Å². The van der Waals surface area contributed by atoms with Gasteiger partial charge in [0.15, 0.2) is 0 Å². The van der Waals surface area contributed by atoms with Crippen molar-refractivity contribution in [1.29, 1.82) is 0 Å². The Morgan fingerprint density at radius 1 is 1.16 bits per heavy atom. The second-order valence-corrected chi connectivity index (χ2v) is 7.08. The van der Waals surface area contributed by atoms with Crippen molar-refractivity contribution < 1.29 is 15.0 Å². The van der Waals surface area contributed by atoms with Crippen LogP contribution in [0.2, 0.25) is 0 Å². The highest BCUT2D eigenvalue weighted by atomic mass is 32.1. The second-order valence-electron chi connectivity index (χ2n) is 6.05. The maximum atomic E-state index is 11.0. The number of hydrogen-bond donors (Lipinski definition) is 2. The molecule has 0 aliphatic carbocycles. The van der Waals surface area contributed by atoms with Gasteiger partial charge in [-0.2, -0.15) is 0 Å². The monoisotopic (exact) mass is 353 g/mol. The Bertz CT molecular complexity index is 916. The van der Waals surface area contributed by atoms with E-state index in [1.807, 2.05) is 56.3 Å². The summed E-state index contributed by atoms with van der Waals surface area (Å²) in [5, 5.41) is 19.8. The number of carbonyl (C=O) groups is 1. The molecule has 3 aromatic rings. The molecule has 0 saturated heterocycles. The number of hydrogen-bond acceptors (Lipinski definition) is 4. The van der Waals surface area contributed by atoms with E-state index in [2.05, 4.69) is 4.98 Å². The van der Waals surface area contributed by atoms with Crippen LogP contribution in [0.15, 0.2) is 36.4 Å². The number of phenolic OH excluding ortho intramolecular Hbond substituents is 1. The van der Waals surface area contributed by atoms with Crippen molar-refractivity contribution in [3.05, 3.63) is 58.1 Å². The van der Waals surface area contributed by atoms with Crippen LogP contribution in [-0.2, 0) is 4.79 Å². The molecule has 2 N–H and O–H groups in total. The number of carboxylic acid groups (broad SMARTS) is 1. The number of phenols is 1. The molecule has 0 fully saturated rings. The fourth-order valence-electron chi connectivity index (χ4n) is 2.77. The third-order valence-electron chi connectivity index (χ3n) is 4.03.